The van der Waals surface area contributed by atoms with Crippen molar-refractivity contribution in [2.24, 2.45) is 0 Å². The summed E-state index contributed by atoms with van der Waals surface area (Å²) in [6.45, 7) is 8.80. The number of carbonyl (C=O) groups is 3. The molecule has 0 saturated carbocycles. The summed E-state index contributed by atoms with van der Waals surface area (Å²) in [7, 11) is 3.07. The molecular formula is C44H87N3O8. The van der Waals surface area contributed by atoms with Crippen molar-refractivity contribution in [3.8, 4) is 0 Å². The fourth-order valence-electron chi connectivity index (χ4n) is 6.65. The molecule has 11 heteroatoms. The third-order valence-electron chi connectivity index (χ3n) is 10.1. The molecule has 11 nitrogen and oxygen atoms in total. The van der Waals surface area contributed by atoms with Gasteiger partial charge in [-0.3, -0.25) is 4.90 Å². The predicted octanol–water partition coefficient (Wildman–Crippen LogP) is 10.5. The second kappa shape index (κ2) is 43.0. The number of alkyl carbamates (subject to hydrolysis) is 2. The predicted molar refractivity (Wildman–Crippen MR) is 225 cm³/mol. The molecule has 0 heterocycles. The van der Waals surface area contributed by atoms with Gasteiger partial charge in [-0.2, -0.15) is 0 Å². The molecule has 0 aromatic rings. The van der Waals surface area contributed by atoms with Gasteiger partial charge < -0.3 is 34.3 Å². The van der Waals surface area contributed by atoms with E-state index < -0.39 is 24.2 Å². The summed E-state index contributed by atoms with van der Waals surface area (Å²) in [5.41, 5.74) is 0. The number of nitrogens with zero attached hydrogens (tertiary/aromatic N) is 1. The molecule has 0 rings (SSSR count). The largest absolute Gasteiger partial charge is 0.463 e. The summed E-state index contributed by atoms with van der Waals surface area (Å²) in [6, 6.07) is -0.843. The molecule has 0 spiro atoms. The average Bonchev–Trinajstić information content (AvgIpc) is 3.18. The van der Waals surface area contributed by atoms with Gasteiger partial charge in [0, 0.05) is 27.3 Å². The van der Waals surface area contributed by atoms with Crippen molar-refractivity contribution in [3.05, 3.63) is 0 Å². The van der Waals surface area contributed by atoms with Crippen LogP contribution in [0.4, 0.5) is 9.59 Å². The van der Waals surface area contributed by atoms with Crippen molar-refractivity contribution in [1.29, 1.82) is 0 Å². The minimum absolute atomic E-state index is 0.0897. The highest BCUT2D eigenvalue weighted by atomic mass is 16.6. The van der Waals surface area contributed by atoms with Crippen molar-refractivity contribution in [1.82, 2.24) is 15.5 Å². The Bertz CT molecular complexity index is 822. The highest BCUT2D eigenvalue weighted by molar-refractivity contribution is 5.81. The number of esters is 1. The van der Waals surface area contributed by atoms with Gasteiger partial charge in [-0.1, -0.05) is 155 Å². The molecular weight excluding hydrogens is 698 g/mol. The molecule has 0 aromatic heterocycles. The summed E-state index contributed by atoms with van der Waals surface area (Å²) in [5.74, 6) is -0.466. The zero-order chi connectivity index (χ0) is 40.3. The van der Waals surface area contributed by atoms with Crippen molar-refractivity contribution < 1.29 is 38.1 Å². The van der Waals surface area contributed by atoms with E-state index in [9.17, 15) is 14.4 Å². The Kier molecular flexibility index (Phi) is 41.4. The second-order valence-electron chi connectivity index (χ2n) is 15.2. The number of unbranched alkanes of at least 4 members (excludes halogenated alkanes) is 23. The standard InChI is InChI=1S/C44H87N3O8/c1-5-7-9-11-13-15-17-19-21-23-25-29-33-47(34-30-26-24-22-20-18-16-14-12-10-8-6-2)35-36-53-42(48)41(46-44(50)55-40-38-52-4)31-27-28-32-45-43(49)54-39-37-51-3/h41H,5-40H2,1-4H3,(H,45,49)(H,46,50). The van der Waals surface area contributed by atoms with E-state index in [0.29, 0.717) is 39.0 Å². The monoisotopic (exact) mass is 786 g/mol. The first kappa shape index (κ1) is 52.9. The van der Waals surface area contributed by atoms with Crippen molar-refractivity contribution in [2.75, 3.05) is 73.4 Å². The maximum absolute atomic E-state index is 13.2. The number of nitrogens with one attached hydrogen (secondary N) is 2. The number of hydrogen-bond acceptors (Lipinski definition) is 9. The normalized spacial score (nSPS) is 11.8. The lowest BCUT2D eigenvalue weighted by molar-refractivity contribution is -0.146. The van der Waals surface area contributed by atoms with Crippen LogP contribution in [0.15, 0.2) is 0 Å². The number of rotatable bonds is 42. The third-order valence-corrected chi connectivity index (χ3v) is 10.1. The Morgan fingerprint density at radius 2 is 0.873 bits per heavy atom. The fraction of sp³-hybridized carbons (Fsp3) is 0.932. The van der Waals surface area contributed by atoms with E-state index in [0.717, 1.165) is 25.9 Å². The van der Waals surface area contributed by atoms with Crippen LogP contribution in [0.1, 0.15) is 187 Å². The first-order valence-corrected chi connectivity index (χ1v) is 22.7. The van der Waals surface area contributed by atoms with Gasteiger partial charge >= 0.3 is 18.2 Å². The Labute approximate surface area is 337 Å². The number of methoxy groups -OCH3 is 2. The molecule has 0 aliphatic rings. The average molecular weight is 786 g/mol. The molecule has 0 bridgehead atoms. The molecule has 326 valence electrons. The highest BCUT2D eigenvalue weighted by Gasteiger charge is 2.23. The summed E-state index contributed by atoms with van der Waals surface area (Å²) in [5, 5.41) is 5.36. The van der Waals surface area contributed by atoms with E-state index in [-0.39, 0.29) is 26.4 Å². The Hall–Kier alpha value is -2.11. The lowest BCUT2D eigenvalue weighted by atomic mass is 10.0. The van der Waals surface area contributed by atoms with Gasteiger partial charge in [-0.25, -0.2) is 14.4 Å². The molecule has 2 amide bonds. The molecule has 0 aromatic carbocycles. The summed E-state index contributed by atoms with van der Waals surface area (Å²) in [4.78, 5) is 39.9. The van der Waals surface area contributed by atoms with Gasteiger partial charge in [-0.15, -0.1) is 0 Å². The van der Waals surface area contributed by atoms with Gasteiger partial charge in [0.15, 0.2) is 0 Å². The van der Waals surface area contributed by atoms with E-state index in [1.54, 1.807) is 7.11 Å². The van der Waals surface area contributed by atoms with E-state index in [1.807, 2.05) is 0 Å². The first-order valence-electron chi connectivity index (χ1n) is 22.7. The van der Waals surface area contributed by atoms with Gasteiger partial charge in [-0.05, 0) is 45.2 Å². The van der Waals surface area contributed by atoms with Crippen LogP contribution in [-0.2, 0) is 28.5 Å². The second-order valence-corrected chi connectivity index (χ2v) is 15.2. The quantitative estimate of drug-likeness (QED) is 0.0353. The molecule has 0 aliphatic heterocycles. The SMILES string of the molecule is CCCCCCCCCCCCCCN(CCCCCCCCCCCCCC)CCOC(=O)C(CCCCNC(=O)OCCOC)NC(=O)OCCOC. The smallest absolute Gasteiger partial charge is 0.407 e. The van der Waals surface area contributed by atoms with Crippen LogP contribution in [-0.4, -0.2) is 103 Å². The summed E-state index contributed by atoms with van der Waals surface area (Å²) in [6.07, 6.45) is 32.3. The fourth-order valence-corrected chi connectivity index (χ4v) is 6.65. The van der Waals surface area contributed by atoms with Gasteiger partial charge in [0.2, 0.25) is 0 Å². The molecule has 0 aliphatic carbocycles. The van der Waals surface area contributed by atoms with Gasteiger partial charge in [0.25, 0.3) is 0 Å². The van der Waals surface area contributed by atoms with Gasteiger partial charge in [0.1, 0.15) is 25.9 Å². The highest BCUT2D eigenvalue weighted by Crippen LogP contribution is 2.14. The van der Waals surface area contributed by atoms with Crippen LogP contribution >= 0.6 is 0 Å². The molecule has 0 saturated heterocycles. The van der Waals surface area contributed by atoms with Crippen molar-refractivity contribution >= 4 is 18.2 Å². The molecule has 1 unspecified atom stereocenters. The van der Waals surface area contributed by atoms with Gasteiger partial charge in [0.05, 0.1) is 13.2 Å². The maximum atomic E-state index is 13.2. The van der Waals surface area contributed by atoms with Crippen molar-refractivity contribution in [2.45, 2.75) is 193 Å². The molecule has 1 atom stereocenters. The van der Waals surface area contributed by atoms with Crippen LogP contribution in [0.2, 0.25) is 0 Å². The van der Waals surface area contributed by atoms with E-state index >= 15 is 0 Å². The zero-order valence-electron chi connectivity index (χ0n) is 36.2. The molecule has 2 N–H and O–H groups in total. The summed E-state index contributed by atoms with van der Waals surface area (Å²) < 4.78 is 25.8. The Morgan fingerprint density at radius 1 is 0.455 bits per heavy atom. The van der Waals surface area contributed by atoms with Crippen LogP contribution in [0.5, 0.6) is 0 Å². The molecule has 0 fully saturated rings. The number of ether oxygens (including phenoxy) is 5. The van der Waals surface area contributed by atoms with Crippen LogP contribution < -0.4 is 10.6 Å². The topological polar surface area (TPSA) is 125 Å². The van der Waals surface area contributed by atoms with Crippen LogP contribution in [0.25, 0.3) is 0 Å². The zero-order valence-corrected chi connectivity index (χ0v) is 36.2. The first-order chi connectivity index (χ1) is 27.0. The number of carbonyl (C=O) groups excluding carboxylic acids is 3. The lowest BCUT2D eigenvalue weighted by Gasteiger charge is -2.23. The lowest BCUT2D eigenvalue weighted by Crippen LogP contribution is -2.43. The van der Waals surface area contributed by atoms with Crippen LogP contribution in [0.3, 0.4) is 0 Å². The Balaban J connectivity index is 4.78. The van der Waals surface area contributed by atoms with E-state index in [2.05, 4.69) is 29.4 Å². The minimum Gasteiger partial charge on any atom is -0.463 e. The van der Waals surface area contributed by atoms with Crippen LogP contribution in [0, 0.1) is 0 Å². The minimum atomic E-state index is -0.843. The maximum Gasteiger partial charge on any atom is 0.407 e. The van der Waals surface area contributed by atoms with E-state index in [4.69, 9.17) is 23.7 Å². The Morgan fingerprint density at radius 3 is 1.31 bits per heavy atom. The molecule has 0 radical (unpaired) electrons. The van der Waals surface area contributed by atoms with Crippen molar-refractivity contribution in [3.63, 3.8) is 0 Å². The third kappa shape index (κ3) is 38.5. The summed E-state index contributed by atoms with van der Waals surface area (Å²) >= 11 is 0. The number of amides is 2. The molecule has 55 heavy (non-hydrogen) atoms. The number of hydrogen-bond donors (Lipinski definition) is 2. The van der Waals surface area contributed by atoms with E-state index in [1.165, 1.54) is 148 Å².